The highest BCUT2D eigenvalue weighted by atomic mass is 19.1. The lowest BCUT2D eigenvalue weighted by Crippen LogP contribution is -2.37. The number of likely N-dealkylation sites (tertiary alicyclic amines) is 1. The zero-order chi connectivity index (χ0) is 22.5. The summed E-state index contributed by atoms with van der Waals surface area (Å²) >= 11 is 0. The third-order valence-corrected chi connectivity index (χ3v) is 6.65. The van der Waals surface area contributed by atoms with Crippen molar-refractivity contribution in [2.45, 2.75) is 44.1 Å². The van der Waals surface area contributed by atoms with Crippen LogP contribution in [0.3, 0.4) is 0 Å². The summed E-state index contributed by atoms with van der Waals surface area (Å²) in [6.45, 7) is 2.95. The summed E-state index contributed by atoms with van der Waals surface area (Å²) in [5, 5.41) is 3.01. The second-order valence-corrected chi connectivity index (χ2v) is 9.02. The van der Waals surface area contributed by atoms with Crippen LogP contribution >= 0.6 is 0 Å². The zero-order valence-corrected chi connectivity index (χ0v) is 18.1. The van der Waals surface area contributed by atoms with Crippen LogP contribution in [0, 0.1) is 23.4 Å². The van der Waals surface area contributed by atoms with Crippen molar-refractivity contribution >= 4 is 12.0 Å². The monoisotopic (exact) mass is 442 g/mol. The van der Waals surface area contributed by atoms with E-state index < -0.39 is 11.6 Å². The summed E-state index contributed by atoms with van der Waals surface area (Å²) in [6, 6.07) is 10.4. The van der Waals surface area contributed by atoms with Gasteiger partial charge in [0.1, 0.15) is 17.5 Å². The Morgan fingerprint density at radius 3 is 2.44 bits per heavy atom. The summed E-state index contributed by atoms with van der Waals surface area (Å²) in [5.41, 5.74) is 1.16. The normalized spacial score (nSPS) is 22.5. The van der Waals surface area contributed by atoms with Gasteiger partial charge < -0.3 is 10.2 Å². The van der Waals surface area contributed by atoms with E-state index in [-0.39, 0.29) is 17.8 Å². The van der Waals surface area contributed by atoms with Crippen molar-refractivity contribution in [1.82, 2.24) is 10.2 Å². The van der Waals surface area contributed by atoms with Gasteiger partial charge in [-0.1, -0.05) is 18.2 Å². The minimum atomic E-state index is -0.665. The molecule has 32 heavy (non-hydrogen) atoms. The van der Waals surface area contributed by atoms with Gasteiger partial charge in [0.2, 0.25) is 5.91 Å². The molecule has 6 heteroatoms. The maximum absolute atomic E-state index is 14.0. The van der Waals surface area contributed by atoms with Gasteiger partial charge in [-0.2, -0.15) is 0 Å². The first-order chi connectivity index (χ1) is 15.5. The predicted octanol–water partition coefficient (Wildman–Crippen LogP) is 5.28. The lowest BCUT2D eigenvalue weighted by atomic mass is 9.88. The molecule has 1 saturated carbocycles. The van der Waals surface area contributed by atoms with Gasteiger partial charge in [-0.3, -0.25) is 4.79 Å². The fourth-order valence-corrected chi connectivity index (χ4v) is 5.06. The van der Waals surface area contributed by atoms with Crippen LogP contribution in [0.25, 0.3) is 6.08 Å². The van der Waals surface area contributed by atoms with Crippen LogP contribution < -0.4 is 5.32 Å². The van der Waals surface area contributed by atoms with Crippen molar-refractivity contribution in [3.05, 3.63) is 77.1 Å². The Balaban J connectivity index is 1.20. The summed E-state index contributed by atoms with van der Waals surface area (Å²) < 4.78 is 40.5. The molecule has 3 nitrogen and oxygen atoms in total. The molecule has 2 aromatic carbocycles. The van der Waals surface area contributed by atoms with Crippen molar-refractivity contribution in [3.8, 4) is 0 Å². The predicted molar refractivity (Wildman–Crippen MR) is 119 cm³/mol. The Kier molecular flexibility index (Phi) is 7.30. The number of carbonyl (C=O) groups is 1. The molecule has 0 aromatic heterocycles. The molecule has 4 rings (SSSR count). The van der Waals surface area contributed by atoms with Gasteiger partial charge in [-0.15, -0.1) is 0 Å². The Hall–Kier alpha value is -2.60. The third-order valence-electron chi connectivity index (χ3n) is 6.65. The van der Waals surface area contributed by atoms with Crippen molar-refractivity contribution in [3.63, 3.8) is 0 Å². The average molecular weight is 443 g/mol. The van der Waals surface area contributed by atoms with Crippen LogP contribution in [-0.4, -0.2) is 36.5 Å². The molecular formula is C26H29F3N2O. The molecule has 2 atom stereocenters. The Labute approximate surface area is 187 Å². The van der Waals surface area contributed by atoms with Gasteiger partial charge >= 0.3 is 0 Å². The lowest BCUT2D eigenvalue weighted by Gasteiger charge is -2.33. The van der Waals surface area contributed by atoms with E-state index in [4.69, 9.17) is 0 Å². The molecule has 1 aliphatic carbocycles. The summed E-state index contributed by atoms with van der Waals surface area (Å²) in [5.74, 6) is -0.848. The number of amides is 1. The molecule has 0 unspecified atom stereocenters. The minimum absolute atomic E-state index is 0.100. The van der Waals surface area contributed by atoms with Gasteiger partial charge in [-0.25, -0.2) is 13.2 Å². The minimum Gasteiger partial charge on any atom is -0.350 e. The molecule has 1 saturated heterocycles. The SMILES string of the molecule is O=C(/C=C/c1cc(F)cc(F)c1)N[C@H]1CC[C@@H](CN2CCC(c3ccccc3F)CC2)C1. The number of benzene rings is 2. The molecule has 1 aliphatic heterocycles. The number of piperidine rings is 1. The number of hydrogen-bond acceptors (Lipinski definition) is 2. The van der Waals surface area contributed by atoms with Crippen molar-refractivity contribution in [2.24, 2.45) is 5.92 Å². The van der Waals surface area contributed by atoms with E-state index in [0.717, 1.165) is 63.4 Å². The van der Waals surface area contributed by atoms with Gasteiger partial charge in [-0.05, 0) is 92.4 Å². The molecular weight excluding hydrogens is 413 g/mol. The molecule has 0 spiro atoms. The molecule has 2 aliphatic rings. The highest BCUT2D eigenvalue weighted by Crippen LogP contribution is 2.32. The summed E-state index contributed by atoms with van der Waals surface area (Å²) in [6.07, 6.45) is 7.63. The highest BCUT2D eigenvalue weighted by Gasteiger charge is 2.29. The average Bonchev–Trinajstić information content (AvgIpc) is 3.19. The van der Waals surface area contributed by atoms with Crippen LogP contribution in [-0.2, 0) is 4.79 Å². The molecule has 0 bridgehead atoms. The Morgan fingerprint density at radius 1 is 1.00 bits per heavy atom. The van der Waals surface area contributed by atoms with Crippen LogP contribution in [0.2, 0.25) is 0 Å². The molecule has 1 heterocycles. The number of carbonyl (C=O) groups excluding carboxylic acids is 1. The lowest BCUT2D eigenvalue weighted by molar-refractivity contribution is -0.117. The fraction of sp³-hybridized carbons (Fsp3) is 0.423. The van der Waals surface area contributed by atoms with Crippen LogP contribution in [0.5, 0.6) is 0 Å². The first-order valence-corrected chi connectivity index (χ1v) is 11.4. The quantitative estimate of drug-likeness (QED) is 0.618. The second kappa shape index (κ2) is 10.3. The van der Waals surface area contributed by atoms with E-state index in [0.29, 0.717) is 17.4 Å². The molecule has 2 fully saturated rings. The van der Waals surface area contributed by atoms with Crippen LogP contribution in [0.4, 0.5) is 13.2 Å². The van der Waals surface area contributed by atoms with E-state index in [1.807, 2.05) is 12.1 Å². The van der Waals surface area contributed by atoms with Gasteiger partial charge in [0.15, 0.2) is 0 Å². The van der Waals surface area contributed by atoms with E-state index in [2.05, 4.69) is 10.2 Å². The smallest absolute Gasteiger partial charge is 0.244 e. The van der Waals surface area contributed by atoms with Crippen molar-refractivity contribution in [2.75, 3.05) is 19.6 Å². The maximum Gasteiger partial charge on any atom is 0.244 e. The molecule has 170 valence electrons. The number of nitrogens with one attached hydrogen (secondary N) is 1. The van der Waals surface area contributed by atoms with Crippen molar-refractivity contribution < 1.29 is 18.0 Å². The number of halogens is 3. The molecule has 1 amide bonds. The number of rotatable bonds is 6. The van der Waals surface area contributed by atoms with Gasteiger partial charge in [0.25, 0.3) is 0 Å². The van der Waals surface area contributed by atoms with Gasteiger partial charge in [0.05, 0.1) is 0 Å². The van der Waals surface area contributed by atoms with E-state index in [1.54, 1.807) is 12.1 Å². The molecule has 0 radical (unpaired) electrons. The highest BCUT2D eigenvalue weighted by molar-refractivity contribution is 5.91. The van der Waals surface area contributed by atoms with E-state index in [1.165, 1.54) is 24.3 Å². The number of hydrogen-bond donors (Lipinski definition) is 1. The second-order valence-electron chi connectivity index (χ2n) is 9.02. The summed E-state index contributed by atoms with van der Waals surface area (Å²) in [4.78, 5) is 14.7. The first kappa shape index (κ1) is 22.6. The fourth-order valence-electron chi connectivity index (χ4n) is 5.06. The zero-order valence-electron chi connectivity index (χ0n) is 18.1. The third kappa shape index (κ3) is 6.00. The van der Waals surface area contributed by atoms with Crippen molar-refractivity contribution in [1.29, 1.82) is 0 Å². The topological polar surface area (TPSA) is 32.3 Å². The van der Waals surface area contributed by atoms with Gasteiger partial charge in [0, 0.05) is 24.7 Å². The Bertz CT molecular complexity index is 949. The van der Waals surface area contributed by atoms with Crippen LogP contribution in [0.15, 0.2) is 48.5 Å². The van der Waals surface area contributed by atoms with E-state index >= 15 is 0 Å². The first-order valence-electron chi connectivity index (χ1n) is 11.4. The van der Waals surface area contributed by atoms with Crippen LogP contribution in [0.1, 0.15) is 49.1 Å². The van der Waals surface area contributed by atoms with E-state index in [9.17, 15) is 18.0 Å². The maximum atomic E-state index is 14.0. The molecule has 2 aromatic rings. The largest absolute Gasteiger partial charge is 0.350 e. The Morgan fingerprint density at radius 2 is 1.72 bits per heavy atom. The number of nitrogens with zero attached hydrogens (tertiary/aromatic N) is 1. The standard InChI is InChI=1S/C26H29F3N2O/c27-21-13-18(14-22(28)16-21)6-8-26(32)30-23-7-5-19(15-23)17-31-11-9-20(10-12-31)24-3-1-2-4-25(24)29/h1-4,6,8,13-14,16,19-20,23H,5,7,9-12,15,17H2,(H,30,32)/b8-6+/t19-,23+/m1/s1. The molecule has 1 N–H and O–H groups in total. The summed E-state index contributed by atoms with van der Waals surface area (Å²) in [7, 11) is 0.